The lowest BCUT2D eigenvalue weighted by Crippen LogP contribution is -2.58. The van der Waals surface area contributed by atoms with E-state index >= 15 is 0 Å². The van der Waals surface area contributed by atoms with Crippen molar-refractivity contribution in [2.24, 2.45) is 35.1 Å². The Morgan fingerprint density at radius 2 is 1.68 bits per heavy atom. The predicted octanol–water partition coefficient (Wildman–Crippen LogP) is 0.525. The lowest BCUT2D eigenvalue weighted by Gasteiger charge is -2.37. The molecule has 2 atom stereocenters. The van der Waals surface area contributed by atoms with E-state index in [1.807, 2.05) is 0 Å². The number of likely N-dealkylation sites (tertiary alicyclic amines) is 1. The maximum absolute atomic E-state index is 12.8. The number of piperazine rings is 1. The van der Waals surface area contributed by atoms with Crippen LogP contribution in [0.4, 0.5) is 10.6 Å². The van der Waals surface area contributed by atoms with E-state index in [-0.39, 0.29) is 29.5 Å². The molecule has 2 unspecified atom stereocenters. The third-order valence-electron chi connectivity index (χ3n) is 8.92. The van der Waals surface area contributed by atoms with Crippen molar-refractivity contribution < 1.29 is 9.59 Å². The smallest absolute Gasteiger partial charge is 0.338 e. The number of fused-ring (bicyclic) bond motifs is 1. The van der Waals surface area contributed by atoms with Crippen LogP contribution in [0.15, 0.2) is 17.1 Å². The van der Waals surface area contributed by atoms with Crippen molar-refractivity contribution in [2.45, 2.75) is 51.1 Å². The molecular weight excluding hydrogens is 472 g/mol. The largest absolute Gasteiger partial charge is 0.349 e. The number of rotatable bonds is 6. The number of urea groups is 1. The van der Waals surface area contributed by atoms with Crippen molar-refractivity contribution in [3.63, 3.8) is 0 Å². The SMILES string of the molecule is CC(C)(N)C(=O)N1CCN(C(=O)Nc2ccn(C3CCC(CN4CC5C(CN)C5C4)CC3)c(=O)n2)CC1. The van der Waals surface area contributed by atoms with Crippen LogP contribution in [0.2, 0.25) is 0 Å². The van der Waals surface area contributed by atoms with Crippen molar-refractivity contribution in [3.05, 3.63) is 22.7 Å². The third kappa shape index (κ3) is 5.68. The van der Waals surface area contributed by atoms with Crippen LogP contribution in [0, 0.1) is 23.7 Å². The molecule has 4 aliphatic rings. The van der Waals surface area contributed by atoms with Crippen LogP contribution in [-0.2, 0) is 4.79 Å². The second kappa shape index (κ2) is 10.3. The van der Waals surface area contributed by atoms with E-state index in [0.717, 1.165) is 50.0 Å². The molecule has 37 heavy (non-hydrogen) atoms. The fourth-order valence-corrected chi connectivity index (χ4v) is 6.68. The maximum Gasteiger partial charge on any atom is 0.349 e. The fraction of sp³-hybridized carbons (Fsp3) is 0.769. The number of nitrogens with two attached hydrogens (primary N) is 2. The first-order valence-corrected chi connectivity index (χ1v) is 13.8. The summed E-state index contributed by atoms with van der Waals surface area (Å²) in [7, 11) is 0. The molecule has 11 heteroatoms. The van der Waals surface area contributed by atoms with Crippen molar-refractivity contribution in [2.75, 3.05) is 57.7 Å². The number of nitrogens with one attached hydrogen (secondary N) is 1. The normalized spacial score (nSPS) is 30.2. The van der Waals surface area contributed by atoms with Gasteiger partial charge in [0.05, 0.1) is 5.54 Å². The quantitative estimate of drug-likeness (QED) is 0.502. The standard InChI is InChI=1S/C26H42N8O3/c1-26(2,28)23(35)32-9-11-33(12-10-32)24(36)29-22-7-8-34(25(37)30-22)18-5-3-17(4-6-18)14-31-15-20-19(13-27)21(20)16-31/h7-8,17-21H,3-6,9-16,27-28H2,1-2H3,(H,29,30,36,37). The van der Waals surface area contributed by atoms with E-state index < -0.39 is 5.54 Å². The molecular formula is C26H42N8O3. The number of hydrogen-bond donors (Lipinski definition) is 3. The van der Waals surface area contributed by atoms with Gasteiger partial charge < -0.3 is 26.2 Å². The minimum Gasteiger partial charge on any atom is -0.338 e. The van der Waals surface area contributed by atoms with Gasteiger partial charge in [0.25, 0.3) is 0 Å². The first kappa shape index (κ1) is 26.1. The lowest BCUT2D eigenvalue weighted by atomic mass is 9.85. The highest BCUT2D eigenvalue weighted by Crippen LogP contribution is 2.51. The molecule has 2 saturated heterocycles. The van der Waals surface area contributed by atoms with E-state index in [1.165, 1.54) is 19.6 Å². The van der Waals surface area contributed by atoms with Crippen LogP contribution < -0.4 is 22.5 Å². The molecule has 0 bridgehead atoms. The molecule has 0 aromatic carbocycles. The Balaban J connectivity index is 1.07. The van der Waals surface area contributed by atoms with E-state index in [4.69, 9.17) is 11.5 Å². The van der Waals surface area contributed by atoms with Crippen molar-refractivity contribution in [1.29, 1.82) is 0 Å². The number of aromatic nitrogens is 2. The molecule has 4 fully saturated rings. The number of nitrogens with zero attached hydrogens (tertiary/aromatic N) is 5. The molecule has 204 valence electrons. The zero-order valence-corrected chi connectivity index (χ0v) is 22.1. The number of amides is 3. The zero-order valence-electron chi connectivity index (χ0n) is 22.1. The topological polar surface area (TPSA) is 143 Å². The fourth-order valence-electron chi connectivity index (χ4n) is 6.68. The predicted molar refractivity (Wildman–Crippen MR) is 141 cm³/mol. The third-order valence-corrected chi connectivity index (χ3v) is 8.92. The van der Waals surface area contributed by atoms with Crippen LogP contribution in [0.5, 0.6) is 0 Å². The minimum atomic E-state index is -0.930. The van der Waals surface area contributed by atoms with Gasteiger partial charge in [-0.05, 0) is 75.8 Å². The molecule has 3 heterocycles. The summed E-state index contributed by atoms with van der Waals surface area (Å²) >= 11 is 0. The summed E-state index contributed by atoms with van der Waals surface area (Å²) in [6, 6.07) is 1.54. The molecule has 11 nitrogen and oxygen atoms in total. The lowest BCUT2D eigenvalue weighted by molar-refractivity contribution is -0.137. The highest BCUT2D eigenvalue weighted by Gasteiger charge is 2.54. The maximum atomic E-state index is 12.8. The monoisotopic (exact) mass is 514 g/mol. The van der Waals surface area contributed by atoms with Gasteiger partial charge in [-0.25, -0.2) is 9.59 Å². The highest BCUT2D eigenvalue weighted by molar-refractivity contribution is 5.89. The minimum absolute atomic E-state index is 0.125. The van der Waals surface area contributed by atoms with Crippen LogP contribution in [0.1, 0.15) is 45.6 Å². The second-order valence-corrected chi connectivity index (χ2v) is 12.1. The average Bonchev–Trinajstić information content (AvgIpc) is 3.36. The molecule has 2 saturated carbocycles. The highest BCUT2D eigenvalue weighted by atomic mass is 16.2. The van der Waals surface area contributed by atoms with Gasteiger partial charge in [0.2, 0.25) is 5.91 Å². The van der Waals surface area contributed by atoms with Crippen LogP contribution >= 0.6 is 0 Å². The van der Waals surface area contributed by atoms with Crippen molar-refractivity contribution >= 4 is 17.8 Å². The van der Waals surface area contributed by atoms with Gasteiger partial charge in [0, 0.05) is 58.1 Å². The molecule has 5 N–H and O–H groups in total. The molecule has 0 radical (unpaired) electrons. The van der Waals surface area contributed by atoms with E-state index in [1.54, 1.807) is 40.5 Å². The Morgan fingerprint density at radius 3 is 2.24 bits per heavy atom. The van der Waals surface area contributed by atoms with Gasteiger partial charge in [-0.1, -0.05) is 0 Å². The average molecular weight is 515 g/mol. The summed E-state index contributed by atoms with van der Waals surface area (Å²) in [5.74, 6) is 3.26. The van der Waals surface area contributed by atoms with E-state index in [2.05, 4.69) is 15.2 Å². The second-order valence-electron chi connectivity index (χ2n) is 12.1. The number of carbonyl (C=O) groups is 2. The van der Waals surface area contributed by atoms with Crippen LogP contribution in [0.25, 0.3) is 0 Å². The van der Waals surface area contributed by atoms with Crippen molar-refractivity contribution in [3.8, 4) is 0 Å². The molecule has 2 aliphatic heterocycles. The summed E-state index contributed by atoms with van der Waals surface area (Å²) in [6.45, 7) is 9.46. The summed E-state index contributed by atoms with van der Waals surface area (Å²) in [6.07, 6.45) is 5.96. The first-order valence-electron chi connectivity index (χ1n) is 13.8. The summed E-state index contributed by atoms with van der Waals surface area (Å²) in [4.78, 5) is 47.9. The van der Waals surface area contributed by atoms with Gasteiger partial charge in [0.15, 0.2) is 0 Å². The molecule has 5 rings (SSSR count). The molecule has 2 aliphatic carbocycles. The van der Waals surface area contributed by atoms with Gasteiger partial charge in [0.1, 0.15) is 5.82 Å². The van der Waals surface area contributed by atoms with Gasteiger partial charge in [-0.15, -0.1) is 0 Å². The van der Waals surface area contributed by atoms with Crippen molar-refractivity contribution in [1.82, 2.24) is 24.3 Å². The molecule has 0 spiro atoms. The summed E-state index contributed by atoms with van der Waals surface area (Å²) < 4.78 is 1.72. The molecule has 3 amide bonds. The Hall–Kier alpha value is -2.50. The van der Waals surface area contributed by atoms with Crippen LogP contribution in [-0.4, -0.2) is 94.1 Å². The Labute approximate surface area is 218 Å². The Morgan fingerprint density at radius 1 is 1.05 bits per heavy atom. The number of anilines is 1. The first-order chi connectivity index (χ1) is 17.6. The van der Waals surface area contributed by atoms with Gasteiger partial charge in [-0.2, -0.15) is 4.98 Å². The van der Waals surface area contributed by atoms with Gasteiger partial charge in [-0.3, -0.25) is 14.7 Å². The van der Waals surface area contributed by atoms with E-state index in [0.29, 0.717) is 32.1 Å². The van der Waals surface area contributed by atoms with E-state index in [9.17, 15) is 14.4 Å². The summed E-state index contributed by atoms with van der Waals surface area (Å²) in [5.41, 5.74) is 10.5. The van der Waals surface area contributed by atoms with Crippen LogP contribution in [0.3, 0.4) is 0 Å². The Bertz CT molecular complexity index is 1040. The molecule has 1 aromatic rings. The number of piperidine rings is 1. The summed E-state index contributed by atoms with van der Waals surface area (Å²) in [5, 5.41) is 2.74. The number of hydrogen-bond acceptors (Lipinski definition) is 7. The Kier molecular flexibility index (Phi) is 7.30. The number of carbonyl (C=O) groups excluding carboxylic acids is 2. The van der Waals surface area contributed by atoms with Gasteiger partial charge >= 0.3 is 11.7 Å². The molecule has 1 aromatic heterocycles. The zero-order chi connectivity index (χ0) is 26.3.